The number of nitrogens with zero attached hydrogens (tertiary/aromatic N) is 3. The summed E-state index contributed by atoms with van der Waals surface area (Å²) in [5.41, 5.74) is 1.35. The smallest absolute Gasteiger partial charge is 0.147 e. The highest BCUT2D eigenvalue weighted by atomic mass is 32.1. The van der Waals surface area contributed by atoms with Crippen LogP contribution in [-0.4, -0.2) is 21.3 Å². The highest BCUT2D eigenvalue weighted by Crippen LogP contribution is 2.22. The highest BCUT2D eigenvalue weighted by Gasteiger charge is 2.09. The first-order valence-electron chi connectivity index (χ1n) is 7.12. The molecule has 0 saturated carbocycles. The van der Waals surface area contributed by atoms with Crippen LogP contribution in [0.15, 0.2) is 6.07 Å². The van der Waals surface area contributed by atoms with Crippen LogP contribution in [-0.2, 0) is 13.1 Å². The third kappa shape index (κ3) is 3.90. The molecule has 0 aliphatic heterocycles. The Kier molecular flexibility index (Phi) is 4.94. The molecule has 1 N–H and O–H groups in total. The maximum absolute atomic E-state index is 4.44. The maximum atomic E-state index is 4.44. The fourth-order valence-corrected chi connectivity index (χ4v) is 3.21. The molecule has 2 rings (SSSR count). The lowest BCUT2D eigenvalue weighted by molar-refractivity contribution is 0.554. The Hall–Kier alpha value is -1.20. The number of hydrogen-bond acceptors (Lipinski definition) is 4. The van der Waals surface area contributed by atoms with Crippen LogP contribution in [0.25, 0.3) is 0 Å². The summed E-state index contributed by atoms with van der Waals surface area (Å²) in [6.45, 7) is 13.4. The molecule has 0 radical (unpaired) electrons. The second-order valence-corrected chi connectivity index (χ2v) is 7.02. The van der Waals surface area contributed by atoms with Crippen LogP contribution >= 0.6 is 11.3 Å². The predicted molar refractivity (Wildman–Crippen MR) is 84.2 cm³/mol. The molecule has 20 heavy (non-hydrogen) atoms. The Morgan fingerprint density at radius 3 is 2.65 bits per heavy atom. The van der Waals surface area contributed by atoms with E-state index < -0.39 is 0 Å². The molecule has 0 spiro atoms. The molecular weight excluding hydrogens is 268 g/mol. The molecule has 110 valence electrons. The van der Waals surface area contributed by atoms with Crippen LogP contribution in [0.4, 0.5) is 0 Å². The number of hydrogen-bond donors (Lipinski definition) is 1. The summed E-state index contributed by atoms with van der Waals surface area (Å²) in [4.78, 5) is 7.13. The van der Waals surface area contributed by atoms with E-state index in [1.807, 2.05) is 29.9 Å². The van der Waals surface area contributed by atoms with Gasteiger partial charge in [-0.3, -0.25) is 0 Å². The van der Waals surface area contributed by atoms with Crippen LogP contribution in [0.5, 0.6) is 0 Å². The van der Waals surface area contributed by atoms with Gasteiger partial charge in [0.1, 0.15) is 11.6 Å². The van der Waals surface area contributed by atoms with Crippen LogP contribution in [0.3, 0.4) is 0 Å². The minimum Gasteiger partial charge on any atom is -0.312 e. The zero-order valence-corrected chi connectivity index (χ0v) is 13.8. The summed E-state index contributed by atoms with van der Waals surface area (Å²) < 4.78 is 1.98. The number of nitrogens with one attached hydrogen (secondary N) is 1. The molecule has 0 atom stereocenters. The molecule has 0 aromatic carbocycles. The van der Waals surface area contributed by atoms with Gasteiger partial charge in [-0.1, -0.05) is 13.8 Å². The van der Waals surface area contributed by atoms with Crippen molar-refractivity contribution in [2.45, 2.75) is 47.7 Å². The molecule has 2 heterocycles. The maximum Gasteiger partial charge on any atom is 0.147 e. The molecular formula is C15H24N4S. The van der Waals surface area contributed by atoms with Gasteiger partial charge >= 0.3 is 0 Å². The second-order valence-electron chi connectivity index (χ2n) is 5.68. The van der Waals surface area contributed by atoms with Crippen molar-refractivity contribution in [1.29, 1.82) is 0 Å². The summed E-state index contributed by atoms with van der Waals surface area (Å²) >= 11 is 1.87. The van der Waals surface area contributed by atoms with E-state index in [0.29, 0.717) is 5.92 Å². The molecule has 0 aliphatic rings. The van der Waals surface area contributed by atoms with Crippen molar-refractivity contribution in [3.63, 3.8) is 0 Å². The molecule has 2 aromatic rings. The summed E-state index contributed by atoms with van der Waals surface area (Å²) in [7, 11) is 0. The van der Waals surface area contributed by atoms with Crippen molar-refractivity contribution in [1.82, 2.24) is 20.1 Å². The Morgan fingerprint density at radius 1 is 1.30 bits per heavy atom. The summed E-state index contributed by atoms with van der Waals surface area (Å²) in [6, 6.07) is 2.30. The fraction of sp³-hybridized carbons (Fsp3) is 0.600. The van der Waals surface area contributed by atoms with Gasteiger partial charge in [0.15, 0.2) is 0 Å². The van der Waals surface area contributed by atoms with Crippen LogP contribution in [0.2, 0.25) is 0 Å². The van der Waals surface area contributed by atoms with E-state index in [2.05, 4.69) is 42.2 Å². The molecule has 0 aliphatic carbocycles. The Morgan fingerprint density at radius 2 is 2.05 bits per heavy atom. The standard InChI is InChI=1S/C15H24N4S/c1-10(2)7-16-8-15-6-14(11(3)20-15)9-19-13(5)17-12(4)18-19/h6,10,16H,7-9H2,1-5H3. The van der Waals surface area contributed by atoms with Crippen LogP contribution in [0, 0.1) is 26.7 Å². The van der Waals surface area contributed by atoms with Crippen LogP contribution < -0.4 is 5.32 Å². The minimum absolute atomic E-state index is 0.691. The third-order valence-electron chi connectivity index (χ3n) is 3.21. The molecule has 0 amide bonds. The summed E-state index contributed by atoms with van der Waals surface area (Å²) in [5, 5.41) is 7.93. The first-order chi connectivity index (χ1) is 9.45. The fourth-order valence-electron chi connectivity index (χ4n) is 2.19. The van der Waals surface area contributed by atoms with Crippen molar-refractivity contribution < 1.29 is 0 Å². The van der Waals surface area contributed by atoms with Crippen LogP contribution in [0.1, 0.15) is 40.8 Å². The van der Waals surface area contributed by atoms with Gasteiger partial charge in [-0.25, -0.2) is 9.67 Å². The van der Waals surface area contributed by atoms with Gasteiger partial charge in [0.05, 0.1) is 6.54 Å². The monoisotopic (exact) mass is 292 g/mol. The number of aromatic nitrogens is 3. The molecule has 0 saturated heterocycles. The van der Waals surface area contributed by atoms with E-state index >= 15 is 0 Å². The summed E-state index contributed by atoms with van der Waals surface area (Å²) in [6.07, 6.45) is 0. The zero-order valence-electron chi connectivity index (χ0n) is 13.0. The summed E-state index contributed by atoms with van der Waals surface area (Å²) in [5.74, 6) is 2.51. The quantitative estimate of drug-likeness (QED) is 0.890. The van der Waals surface area contributed by atoms with Gasteiger partial charge in [0.2, 0.25) is 0 Å². The van der Waals surface area contributed by atoms with Gasteiger partial charge in [0.25, 0.3) is 0 Å². The zero-order chi connectivity index (χ0) is 14.7. The lowest BCUT2D eigenvalue weighted by atomic mass is 10.2. The molecule has 2 aromatic heterocycles. The SMILES string of the molecule is Cc1nc(C)n(Cc2cc(CNCC(C)C)sc2C)n1. The minimum atomic E-state index is 0.691. The van der Waals surface area contributed by atoms with Gasteiger partial charge in [-0.05, 0) is 44.9 Å². The first kappa shape index (κ1) is 15.2. The normalized spacial score (nSPS) is 11.5. The molecule has 0 fully saturated rings. The van der Waals surface area contributed by atoms with Crippen molar-refractivity contribution in [2.75, 3.05) is 6.54 Å². The van der Waals surface area contributed by atoms with Crippen molar-refractivity contribution in [3.05, 3.63) is 33.0 Å². The van der Waals surface area contributed by atoms with Gasteiger partial charge in [-0.15, -0.1) is 11.3 Å². The highest BCUT2D eigenvalue weighted by molar-refractivity contribution is 7.12. The third-order valence-corrected chi connectivity index (χ3v) is 4.30. The van der Waals surface area contributed by atoms with E-state index in [4.69, 9.17) is 0 Å². The van der Waals surface area contributed by atoms with E-state index in [1.165, 1.54) is 15.3 Å². The van der Waals surface area contributed by atoms with E-state index in [9.17, 15) is 0 Å². The average molecular weight is 292 g/mol. The number of rotatable bonds is 6. The molecule has 0 bridgehead atoms. The van der Waals surface area contributed by atoms with Crippen molar-refractivity contribution in [3.8, 4) is 0 Å². The number of aryl methyl sites for hydroxylation is 3. The number of thiophene rings is 1. The van der Waals surface area contributed by atoms with E-state index in [0.717, 1.165) is 31.3 Å². The first-order valence-corrected chi connectivity index (χ1v) is 7.94. The molecule has 0 unspecified atom stereocenters. The predicted octanol–water partition coefficient (Wildman–Crippen LogP) is 3.06. The van der Waals surface area contributed by atoms with Crippen molar-refractivity contribution in [2.24, 2.45) is 5.92 Å². The van der Waals surface area contributed by atoms with Crippen molar-refractivity contribution >= 4 is 11.3 Å². The molecule has 4 nitrogen and oxygen atoms in total. The topological polar surface area (TPSA) is 42.7 Å². The Balaban J connectivity index is 2.02. The van der Waals surface area contributed by atoms with Gasteiger partial charge in [-0.2, -0.15) is 5.10 Å². The lowest BCUT2D eigenvalue weighted by Crippen LogP contribution is -2.18. The second kappa shape index (κ2) is 6.50. The van der Waals surface area contributed by atoms with E-state index in [-0.39, 0.29) is 0 Å². The van der Waals surface area contributed by atoms with E-state index in [1.54, 1.807) is 0 Å². The van der Waals surface area contributed by atoms with Gasteiger partial charge in [0, 0.05) is 16.3 Å². The largest absolute Gasteiger partial charge is 0.312 e. The lowest BCUT2D eigenvalue weighted by Gasteiger charge is -2.05. The average Bonchev–Trinajstić information content (AvgIpc) is 2.83. The molecule has 5 heteroatoms. The Labute approximate surface area is 125 Å². The van der Waals surface area contributed by atoms with Gasteiger partial charge < -0.3 is 5.32 Å². The Bertz CT molecular complexity index is 568.